The van der Waals surface area contributed by atoms with Crippen LogP contribution in [-0.4, -0.2) is 5.25 Å². The number of hydrogen-bond acceptors (Lipinski definition) is 1. The van der Waals surface area contributed by atoms with Gasteiger partial charge < -0.3 is 0 Å². The van der Waals surface area contributed by atoms with E-state index in [0.717, 1.165) is 0 Å². The van der Waals surface area contributed by atoms with E-state index in [9.17, 15) is 0 Å². The van der Waals surface area contributed by atoms with Crippen molar-refractivity contribution < 1.29 is 0 Å². The van der Waals surface area contributed by atoms with Gasteiger partial charge in [0.15, 0.2) is 0 Å². The maximum absolute atomic E-state index is 2.30. The fraction of sp³-hybridized carbons (Fsp3) is 0.500. The second-order valence-corrected chi connectivity index (χ2v) is 5.54. The lowest BCUT2D eigenvalue weighted by Gasteiger charge is -2.09. The molecule has 0 spiro atoms. The van der Waals surface area contributed by atoms with E-state index in [-0.39, 0.29) is 0 Å². The molecule has 0 bridgehead atoms. The van der Waals surface area contributed by atoms with Crippen molar-refractivity contribution in [1.82, 2.24) is 0 Å². The first-order valence-electron chi connectivity index (χ1n) is 4.86. The third-order valence-corrected chi connectivity index (χ3v) is 2.89. The fourth-order valence-corrected chi connectivity index (χ4v) is 2.12. The van der Waals surface area contributed by atoms with Crippen molar-refractivity contribution in [3.63, 3.8) is 0 Å². The predicted molar refractivity (Wildman–Crippen MR) is 61.5 cm³/mol. The summed E-state index contributed by atoms with van der Waals surface area (Å²) in [6, 6.07) is 8.85. The van der Waals surface area contributed by atoms with Gasteiger partial charge in [-0.15, -0.1) is 11.8 Å². The van der Waals surface area contributed by atoms with Gasteiger partial charge in [-0.05, 0) is 23.6 Å². The van der Waals surface area contributed by atoms with E-state index in [0.29, 0.717) is 11.2 Å². The van der Waals surface area contributed by atoms with Crippen LogP contribution in [-0.2, 0) is 0 Å². The normalized spacial score (nSPS) is 11.2. The third kappa shape index (κ3) is 3.43. The van der Waals surface area contributed by atoms with E-state index < -0.39 is 0 Å². The Balaban J connectivity index is 2.79. The van der Waals surface area contributed by atoms with E-state index in [2.05, 4.69) is 52.0 Å². The lowest BCUT2D eigenvalue weighted by molar-refractivity contribution is 0.862. The maximum Gasteiger partial charge on any atom is 0.00774 e. The average molecular weight is 194 g/mol. The molecule has 1 rings (SSSR count). The first-order chi connectivity index (χ1) is 6.09. The Morgan fingerprint density at radius 1 is 1.08 bits per heavy atom. The van der Waals surface area contributed by atoms with Crippen LogP contribution in [0.3, 0.4) is 0 Å². The van der Waals surface area contributed by atoms with Crippen molar-refractivity contribution in [1.29, 1.82) is 0 Å². The van der Waals surface area contributed by atoms with Crippen molar-refractivity contribution in [2.45, 2.75) is 43.8 Å². The zero-order valence-electron chi connectivity index (χ0n) is 8.87. The van der Waals surface area contributed by atoms with E-state index in [4.69, 9.17) is 0 Å². The first-order valence-corrected chi connectivity index (χ1v) is 5.74. The predicted octanol–water partition coefficient (Wildman–Crippen LogP) is 4.31. The Kier molecular flexibility index (Phi) is 3.86. The summed E-state index contributed by atoms with van der Waals surface area (Å²) in [7, 11) is 0. The van der Waals surface area contributed by atoms with Crippen LogP contribution in [0.1, 0.15) is 39.2 Å². The molecule has 0 amide bonds. The fourth-order valence-electron chi connectivity index (χ4n) is 1.22. The molecule has 1 aromatic rings. The summed E-state index contributed by atoms with van der Waals surface area (Å²) in [5, 5.41) is 0.669. The molecule has 72 valence electrons. The van der Waals surface area contributed by atoms with Crippen LogP contribution in [0, 0.1) is 0 Å². The highest BCUT2D eigenvalue weighted by Gasteiger charge is 2.01. The number of rotatable bonds is 3. The minimum atomic E-state index is 0.632. The lowest BCUT2D eigenvalue weighted by Crippen LogP contribution is -1.89. The van der Waals surface area contributed by atoms with Gasteiger partial charge in [0.1, 0.15) is 0 Å². The Morgan fingerprint density at radius 3 is 2.31 bits per heavy atom. The van der Waals surface area contributed by atoms with Crippen LogP contribution in [0.25, 0.3) is 0 Å². The standard InChI is InChI=1S/C12H18S/c1-9(2)11-6-5-7-12(8-11)13-10(3)4/h5-10H,1-4H3. The van der Waals surface area contributed by atoms with Gasteiger partial charge in [0.25, 0.3) is 0 Å². The van der Waals surface area contributed by atoms with Crippen LogP contribution in [0.5, 0.6) is 0 Å². The summed E-state index contributed by atoms with van der Waals surface area (Å²) in [5.41, 5.74) is 1.44. The van der Waals surface area contributed by atoms with Crippen molar-refractivity contribution in [2.75, 3.05) is 0 Å². The molecule has 1 aromatic carbocycles. The van der Waals surface area contributed by atoms with Crippen LogP contribution in [0.2, 0.25) is 0 Å². The third-order valence-electron chi connectivity index (χ3n) is 1.90. The molecule has 0 aliphatic heterocycles. The molecule has 0 aliphatic rings. The Hall–Kier alpha value is -0.430. The van der Waals surface area contributed by atoms with E-state index in [1.54, 1.807) is 0 Å². The molecule has 0 heterocycles. The van der Waals surface area contributed by atoms with Gasteiger partial charge in [0, 0.05) is 10.1 Å². The first kappa shape index (κ1) is 10.6. The van der Waals surface area contributed by atoms with Crippen LogP contribution >= 0.6 is 11.8 Å². The molecule has 0 aliphatic carbocycles. The molecule has 0 nitrogen and oxygen atoms in total. The summed E-state index contributed by atoms with van der Waals surface area (Å²) in [6.07, 6.45) is 0. The molecular formula is C12H18S. The zero-order chi connectivity index (χ0) is 9.84. The summed E-state index contributed by atoms with van der Waals surface area (Å²) < 4.78 is 0. The molecule has 0 saturated heterocycles. The molecule has 0 aromatic heterocycles. The highest BCUT2D eigenvalue weighted by atomic mass is 32.2. The van der Waals surface area contributed by atoms with Gasteiger partial charge >= 0.3 is 0 Å². The highest BCUT2D eigenvalue weighted by molar-refractivity contribution is 7.99. The Morgan fingerprint density at radius 2 is 1.77 bits per heavy atom. The van der Waals surface area contributed by atoms with Crippen molar-refractivity contribution in [3.05, 3.63) is 29.8 Å². The summed E-state index contributed by atoms with van der Waals surface area (Å²) in [4.78, 5) is 1.39. The van der Waals surface area contributed by atoms with Gasteiger partial charge in [-0.2, -0.15) is 0 Å². The molecule has 0 saturated carbocycles. The molecule has 0 atom stereocenters. The van der Waals surface area contributed by atoms with E-state index in [1.165, 1.54) is 10.5 Å². The van der Waals surface area contributed by atoms with Gasteiger partial charge in [-0.3, -0.25) is 0 Å². The molecule has 0 N–H and O–H groups in total. The van der Waals surface area contributed by atoms with Crippen LogP contribution in [0.15, 0.2) is 29.2 Å². The molecule has 0 radical (unpaired) electrons. The van der Waals surface area contributed by atoms with Gasteiger partial charge in [-0.25, -0.2) is 0 Å². The minimum Gasteiger partial charge on any atom is -0.123 e. The maximum atomic E-state index is 2.30. The van der Waals surface area contributed by atoms with E-state index >= 15 is 0 Å². The van der Waals surface area contributed by atoms with Crippen LogP contribution in [0.4, 0.5) is 0 Å². The quantitative estimate of drug-likeness (QED) is 0.646. The molecule has 1 heteroatoms. The zero-order valence-corrected chi connectivity index (χ0v) is 9.69. The molecule has 0 fully saturated rings. The monoisotopic (exact) mass is 194 g/mol. The average Bonchev–Trinajstić information content (AvgIpc) is 2.03. The summed E-state index contributed by atoms with van der Waals surface area (Å²) in [5.74, 6) is 0.632. The van der Waals surface area contributed by atoms with Crippen molar-refractivity contribution in [2.24, 2.45) is 0 Å². The number of hydrogen-bond donors (Lipinski definition) is 0. The van der Waals surface area contributed by atoms with Gasteiger partial charge in [0.05, 0.1) is 0 Å². The second-order valence-electron chi connectivity index (χ2n) is 3.89. The van der Waals surface area contributed by atoms with Crippen LogP contribution < -0.4 is 0 Å². The number of benzene rings is 1. The lowest BCUT2D eigenvalue weighted by atomic mass is 10.0. The number of thioether (sulfide) groups is 1. The summed E-state index contributed by atoms with van der Waals surface area (Å²) >= 11 is 1.93. The van der Waals surface area contributed by atoms with Crippen molar-refractivity contribution >= 4 is 11.8 Å². The second kappa shape index (κ2) is 4.71. The minimum absolute atomic E-state index is 0.632. The topological polar surface area (TPSA) is 0 Å². The van der Waals surface area contributed by atoms with Gasteiger partial charge in [-0.1, -0.05) is 39.8 Å². The SMILES string of the molecule is CC(C)Sc1cccc(C(C)C)c1. The Labute approximate surface area is 85.7 Å². The molecular weight excluding hydrogens is 176 g/mol. The van der Waals surface area contributed by atoms with Gasteiger partial charge in [0.2, 0.25) is 0 Å². The van der Waals surface area contributed by atoms with E-state index in [1.807, 2.05) is 11.8 Å². The molecule has 0 unspecified atom stereocenters. The summed E-state index contributed by atoms with van der Waals surface area (Å²) in [6.45, 7) is 8.93. The largest absolute Gasteiger partial charge is 0.123 e. The smallest absolute Gasteiger partial charge is 0.00774 e. The molecule has 13 heavy (non-hydrogen) atoms. The highest BCUT2D eigenvalue weighted by Crippen LogP contribution is 2.25. The Bertz CT molecular complexity index is 264. The van der Waals surface area contributed by atoms with Crippen molar-refractivity contribution in [3.8, 4) is 0 Å².